The average Bonchev–Trinajstić information content (AvgIpc) is 2.54. The van der Waals surface area contributed by atoms with Crippen molar-refractivity contribution in [3.63, 3.8) is 0 Å². The summed E-state index contributed by atoms with van der Waals surface area (Å²) in [6.07, 6.45) is -4.63. The second-order valence-corrected chi connectivity index (χ2v) is 6.09. The molecular formula is C18H16ClF3N2O2. The van der Waals surface area contributed by atoms with Crippen LogP contribution in [0.1, 0.15) is 18.1 Å². The van der Waals surface area contributed by atoms with E-state index in [0.29, 0.717) is 5.69 Å². The van der Waals surface area contributed by atoms with Gasteiger partial charge in [0.15, 0.2) is 0 Å². The molecule has 2 amide bonds. The zero-order valence-corrected chi connectivity index (χ0v) is 14.8. The minimum atomic E-state index is -4.63. The Hall–Kier alpha value is -2.54. The number of hydrogen-bond acceptors (Lipinski definition) is 2. The SMILES string of the molecule is CC(=O)N(CC(=O)Nc1ccc(Cl)c(C(F)(F)F)c1)c1ccc(C)cc1. The van der Waals surface area contributed by atoms with Crippen molar-refractivity contribution in [2.45, 2.75) is 20.0 Å². The van der Waals surface area contributed by atoms with Gasteiger partial charge in [0.2, 0.25) is 11.8 Å². The van der Waals surface area contributed by atoms with E-state index in [0.717, 1.165) is 17.7 Å². The molecular weight excluding hydrogens is 369 g/mol. The predicted molar refractivity (Wildman–Crippen MR) is 94.3 cm³/mol. The van der Waals surface area contributed by atoms with Crippen molar-refractivity contribution in [3.05, 3.63) is 58.6 Å². The molecule has 0 aliphatic rings. The monoisotopic (exact) mass is 384 g/mol. The van der Waals surface area contributed by atoms with Crippen molar-refractivity contribution in [1.82, 2.24) is 0 Å². The van der Waals surface area contributed by atoms with Crippen LogP contribution >= 0.6 is 11.6 Å². The van der Waals surface area contributed by atoms with Gasteiger partial charge < -0.3 is 10.2 Å². The molecule has 4 nitrogen and oxygen atoms in total. The van der Waals surface area contributed by atoms with Crippen LogP contribution in [0.5, 0.6) is 0 Å². The summed E-state index contributed by atoms with van der Waals surface area (Å²) in [6.45, 7) is 2.85. The van der Waals surface area contributed by atoms with Gasteiger partial charge in [-0.3, -0.25) is 9.59 Å². The minimum Gasteiger partial charge on any atom is -0.325 e. The lowest BCUT2D eigenvalue weighted by atomic mass is 10.2. The van der Waals surface area contributed by atoms with Crippen LogP contribution in [-0.4, -0.2) is 18.4 Å². The van der Waals surface area contributed by atoms with Gasteiger partial charge in [-0.2, -0.15) is 13.2 Å². The average molecular weight is 385 g/mol. The summed E-state index contributed by atoms with van der Waals surface area (Å²) in [4.78, 5) is 25.3. The second kappa shape index (κ2) is 7.78. The van der Waals surface area contributed by atoms with Gasteiger partial charge in [-0.1, -0.05) is 29.3 Å². The summed E-state index contributed by atoms with van der Waals surface area (Å²) in [6, 6.07) is 10.0. The Kier molecular flexibility index (Phi) is 5.92. The molecule has 0 aromatic heterocycles. The number of anilines is 2. The molecule has 0 aliphatic heterocycles. The van der Waals surface area contributed by atoms with E-state index in [9.17, 15) is 22.8 Å². The standard InChI is InChI=1S/C18H16ClF3N2O2/c1-11-3-6-14(7-4-11)24(12(2)25)10-17(26)23-13-5-8-16(19)15(9-13)18(20,21)22/h3-9H,10H2,1-2H3,(H,23,26). The van der Waals surface area contributed by atoms with Crippen LogP contribution in [0.25, 0.3) is 0 Å². The zero-order chi connectivity index (χ0) is 19.5. The number of nitrogens with zero attached hydrogens (tertiary/aromatic N) is 1. The highest BCUT2D eigenvalue weighted by Crippen LogP contribution is 2.36. The largest absolute Gasteiger partial charge is 0.417 e. The molecule has 0 bridgehead atoms. The van der Waals surface area contributed by atoms with Crippen LogP contribution in [0.4, 0.5) is 24.5 Å². The summed E-state index contributed by atoms with van der Waals surface area (Å²) in [5, 5.41) is 1.90. The van der Waals surface area contributed by atoms with Crippen LogP contribution in [-0.2, 0) is 15.8 Å². The number of alkyl halides is 3. The van der Waals surface area contributed by atoms with E-state index in [1.54, 1.807) is 24.3 Å². The molecule has 0 saturated carbocycles. The molecule has 1 N–H and O–H groups in total. The van der Waals surface area contributed by atoms with E-state index in [-0.39, 0.29) is 18.1 Å². The Morgan fingerprint density at radius 1 is 1.12 bits per heavy atom. The summed E-state index contributed by atoms with van der Waals surface area (Å²) in [5.74, 6) is -0.993. The number of nitrogens with one attached hydrogen (secondary N) is 1. The lowest BCUT2D eigenvalue weighted by Crippen LogP contribution is -2.36. The Labute approximate surface area is 153 Å². The number of benzene rings is 2. The van der Waals surface area contributed by atoms with E-state index in [1.165, 1.54) is 17.9 Å². The molecule has 26 heavy (non-hydrogen) atoms. The van der Waals surface area contributed by atoms with Crippen molar-refractivity contribution < 1.29 is 22.8 Å². The molecule has 0 aliphatic carbocycles. The Balaban J connectivity index is 2.16. The number of rotatable bonds is 4. The highest BCUT2D eigenvalue weighted by molar-refractivity contribution is 6.31. The Bertz CT molecular complexity index is 820. The maximum absolute atomic E-state index is 12.9. The van der Waals surface area contributed by atoms with Crippen LogP contribution in [0, 0.1) is 6.92 Å². The Morgan fingerprint density at radius 2 is 1.73 bits per heavy atom. The maximum atomic E-state index is 12.9. The first kappa shape index (κ1) is 19.8. The molecule has 0 atom stereocenters. The Morgan fingerprint density at radius 3 is 2.27 bits per heavy atom. The van der Waals surface area contributed by atoms with Gasteiger partial charge in [0.1, 0.15) is 6.54 Å². The van der Waals surface area contributed by atoms with Crippen molar-refractivity contribution in [2.75, 3.05) is 16.8 Å². The third kappa shape index (κ3) is 4.98. The molecule has 2 rings (SSSR count). The van der Waals surface area contributed by atoms with Gasteiger partial charge in [0.25, 0.3) is 0 Å². The first-order valence-corrected chi connectivity index (χ1v) is 7.97. The van der Waals surface area contributed by atoms with Gasteiger partial charge in [0.05, 0.1) is 10.6 Å². The molecule has 0 unspecified atom stereocenters. The number of aryl methyl sites for hydroxylation is 1. The van der Waals surface area contributed by atoms with Crippen LogP contribution < -0.4 is 10.2 Å². The highest BCUT2D eigenvalue weighted by atomic mass is 35.5. The zero-order valence-electron chi connectivity index (χ0n) is 14.0. The van der Waals surface area contributed by atoms with Gasteiger partial charge in [-0.05, 0) is 37.3 Å². The van der Waals surface area contributed by atoms with Gasteiger partial charge in [-0.25, -0.2) is 0 Å². The van der Waals surface area contributed by atoms with E-state index >= 15 is 0 Å². The number of amides is 2. The van der Waals surface area contributed by atoms with Crippen LogP contribution in [0.3, 0.4) is 0 Å². The third-order valence-corrected chi connectivity index (χ3v) is 3.91. The number of hydrogen-bond donors (Lipinski definition) is 1. The fraction of sp³-hybridized carbons (Fsp3) is 0.222. The maximum Gasteiger partial charge on any atom is 0.417 e. The quantitative estimate of drug-likeness (QED) is 0.833. The topological polar surface area (TPSA) is 49.4 Å². The van der Waals surface area contributed by atoms with Gasteiger partial charge in [0, 0.05) is 18.3 Å². The molecule has 0 heterocycles. The molecule has 0 fully saturated rings. The molecule has 2 aromatic rings. The molecule has 138 valence electrons. The van der Waals surface area contributed by atoms with Crippen LogP contribution in [0.15, 0.2) is 42.5 Å². The van der Waals surface area contributed by atoms with Crippen LogP contribution in [0.2, 0.25) is 5.02 Å². The molecule has 0 saturated heterocycles. The van der Waals surface area contributed by atoms with E-state index in [1.807, 2.05) is 6.92 Å². The lowest BCUT2D eigenvalue weighted by Gasteiger charge is -2.21. The first-order valence-electron chi connectivity index (χ1n) is 7.59. The molecule has 0 spiro atoms. The molecule has 2 aromatic carbocycles. The van der Waals surface area contributed by atoms with E-state index in [4.69, 9.17) is 11.6 Å². The fourth-order valence-corrected chi connectivity index (χ4v) is 2.50. The fourth-order valence-electron chi connectivity index (χ4n) is 2.27. The highest BCUT2D eigenvalue weighted by Gasteiger charge is 2.33. The number of carbonyl (C=O) groups excluding carboxylic acids is 2. The normalized spacial score (nSPS) is 11.2. The summed E-state index contributed by atoms with van der Waals surface area (Å²) in [5.41, 5.74) is 0.408. The van der Waals surface area contributed by atoms with Gasteiger partial charge in [-0.15, -0.1) is 0 Å². The van der Waals surface area contributed by atoms with Crippen molar-refractivity contribution in [1.29, 1.82) is 0 Å². The van der Waals surface area contributed by atoms with Crippen molar-refractivity contribution in [2.24, 2.45) is 0 Å². The lowest BCUT2D eigenvalue weighted by molar-refractivity contribution is -0.137. The smallest absolute Gasteiger partial charge is 0.325 e. The third-order valence-electron chi connectivity index (χ3n) is 3.58. The molecule has 8 heteroatoms. The summed E-state index contributed by atoms with van der Waals surface area (Å²) < 4.78 is 38.7. The summed E-state index contributed by atoms with van der Waals surface area (Å²) in [7, 11) is 0. The minimum absolute atomic E-state index is 0.0564. The number of halogens is 4. The predicted octanol–water partition coefficient (Wildman–Crippen LogP) is 4.66. The first-order chi connectivity index (χ1) is 12.1. The van der Waals surface area contributed by atoms with Crippen molar-refractivity contribution in [3.8, 4) is 0 Å². The van der Waals surface area contributed by atoms with E-state index in [2.05, 4.69) is 5.32 Å². The van der Waals surface area contributed by atoms with E-state index < -0.39 is 22.7 Å². The van der Waals surface area contributed by atoms with Crippen molar-refractivity contribution >= 4 is 34.8 Å². The van der Waals surface area contributed by atoms with Gasteiger partial charge >= 0.3 is 6.18 Å². The number of carbonyl (C=O) groups is 2. The second-order valence-electron chi connectivity index (χ2n) is 5.68. The summed E-state index contributed by atoms with van der Waals surface area (Å²) >= 11 is 5.55. The molecule has 0 radical (unpaired) electrons.